The van der Waals surface area contributed by atoms with E-state index in [1.54, 1.807) is 0 Å². The van der Waals surface area contributed by atoms with Gasteiger partial charge in [-0.15, -0.1) is 0 Å². The van der Waals surface area contributed by atoms with Crippen molar-refractivity contribution in [2.75, 3.05) is 11.9 Å². The molecule has 0 radical (unpaired) electrons. The van der Waals surface area contributed by atoms with Gasteiger partial charge in [-0.2, -0.15) is 0 Å². The van der Waals surface area contributed by atoms with Gasteiger partial charge in [0.25, 0.3) is 0 Å². The molecule has 0 unspecified atom stereocenters. The van der Waals surface area contributed by atoms with E-state index in [1.807, 2.05) is 13.0 Å². The Bertz CT molecular complexity index is 460. The van der Waals surface area contributed by atoms with Crippen molar-refractivity contribution >= 4 is 5.69 Å². The first-order valence-corrected chi connectivity index (χ1v) is 6.11. The van der Waals surface area contributed by atoms with Crippen LogP contribution in [0.4, 0.5) is 5.69 Å². The molecule has 1 spiro atoms. The van der Waals surface area contributed by atoms with Crippen molar-refractivity contribution in [2.45, 2.75) is 45.1 Å². The van der Waals surface area contributed by atoms with E-state index in [-0.39, 0.29) is 0 Å². The normalized spacial score (nSPS) is 21.1. The zero-order valence-corrected chi connectivity index (χ0v) is 10.3. The molecule has 1 aromatic rings. The zero-order valence-electron chi connectivity index (χ0n) is 10.3. The second kappa shape index (κ2) is 2.93. The smallest absolute Gasteiger partial charge is 0.119 e. The third kappa shape index (κ3) is 1.13. The molecule has 1 heterocycles. The number of anilines is 1. The summed E-state index contributed by atoms with van der Waals surface area (Å²) in [6, 6.07) is 1.96. The molecule has 1 saturated carbocycles. The van der Waals surface area contributed by atoms with E-state index in [2.05, 4.69) is 18.9 Å². The van der Waals surface area contributed by atoms with E-state index < -0.39 is 0 Å². The lowest BCUT2D eigenvalue weighted by Gasteiger charge is -2.38. The molecule has 16 heavy (non-hydrogen) atoms. The Kier molecular flexibility index (Phi) is 1.84. The molecule has 1 fully saturated rings. The number of phenolic OH excluding ortho intramolecular Hbond substituents is 1. The lowest BCUT2D eigenvalue weighted by molar-refractivity contribution is 0.466. The predicted octanol–water partition coefficient (Wildman–Crippen LogP) is 2.92. The van der Waals surface area contributed by atoms with Crippen molar-refractivity contribution in [3.63, 3.8) is 0 Å². The molecule has 1 aliphatic heterocycles. The summed E-state index contributed by atoms with van der Waals surface area (Å²) in [4.78, 5) is 2.47. The van der Waals surface area contributed by atoms with Crippen LogP contribution in [0, 0.1) is 13.8 Å². The maximum Gasteiger partial charge on any atom is 0.119 e. The number of nitrogens with zero attached hydrogens (tertiary/aromatic N) is 1. The molecule has 0 aromatic heterocycles. The first kappa shape index (κ1) is 10.0. The Morgan fingerprint density at radius 2 is 1.88 bits per heavy atom. The lowest BCUT2D eigenvalue weighted by Crippen LogP contribution is -2.38. The maximum absolute atomic E-state index is 9.87. The third-order valence-corrected chi connectivity index (χ3v) is 4.65. The predicted molar refractivity (Wildman–Crippen MR) is 66.3 cm³/mol. The minimum absolute atomic E-state index is 0.455. The van der Waals surface area contributed by atoms with Crippen LogP contribution in [-0.2, 0) is 6.42 Å². The van der Waals surface area contributed by atoms with Gasteiger partial charge in [-0.05, 0) is 62.3 Å². The van der Waals surface area contributed by atoms with Gasteiger partial charge in [0.1, 0.15) is 5.75 Å². The van der Waals surface area contributed by atoms with E-state index in [1.165, 1.54) is 36.1 Å². The Morgan fingerprint density at radius 3 is 2.50 bits per heavy atom. The van der Waals surface area contributed by atoms with E-state index >= 15 is 0 Å². The second-order valence-electron chi connectivity index (χ2n) is 5.44. The second-order valence-corrected chi connectivity index (χ2v) is 5.44. The van der Waals surface area contributed by atoms with E-state index in [0.717, 1.165) is 12.0 Å². The molecule has 86 valence electrons. The van der Waals surface area contributed by atoms with Crippen molar-refractivity contribution in [1.82, 2.24) is 0 Å². The highest BCUT2D eigenvalue weighted by atomic mass is 16.3. The molecule has 1 aliphatic carbocycles. The fourth-order valence-electron chi connectivity index (χ4n) is 3.11. The highest BCUT2D eigenvalue weighted by molar-refractivity contribution is 5.68. The molecule has 0 bridgehead atoms. The molecule has 1 aromatic carbocycles. The topological polar surface area (TPSA) is 23.5 Å². The number of hydrogen-bond acceptors (Lipinski definition) is 2. The van der Waals surface area contributed by atoms with Gasteiger partial charge in [0, 0.05) is 18.3 Å². The number of phenols is 1. The van der Waals surface area contributed by atoms with E-state index in [9.17, 15) is 5.11 Å². The minimum atomic E-state index is 0.455. The summed E-state index contributed by atoms with van der Waals surface area (Å²) in [7, 11) is 2.22. The van der Waals surface area contributed by atoms with Crippen molar-refractivity contribution in [2.24, 2.45) is 0 Å². The van der Waals surface area contributed by atoms with Gasteiger partial charge < -0.3 is 10.0 Å². The zero-order chi connectivity index (χ0) is 11.5. The monoisotopic (exact) mass is 217 g/mol. The standard InChI is InChI=1S/C14H19NO/c1-9-10(2)13-11(8-12(9)16)4-5-14(6-7-14)15(13)3/h8,16H,4-7H2,1-3H3. The molecule has 2 nitrogen and oxygen atoms in total. The highest BCUT2D eigenvalue weighted by Gasteiger charge is 2.49. The number of aromatic hydroxyl groups is 1. The van der Waals surface area contributed by atoms with Gasteiger partial charge in [-0.25, -0.2) is 0 Å². The number of aryl methyl sites for hydroxylation is 1. The maximum atomic E-state index is 9.87. The van der Waals surface area contributed by atoms with Crippen LogP contribution < -0.4 is 4.90 Å². The van der Waals surface area contributed by atoms with Crippen molar-refractivity contribution in [3.05, 3.63) is 22.8 Å². The van der Waals surface area contributed by atoms with Crippen LogP contribution in [-0.4, -0.2) is 17.7 Å². The van der Waals surface area contributed by atoms with Crippen LogP contribution >= 0.6 is 0 Å². The molecule has 3 rings (SSSR count). The number of benzene rings is 1. The summed E-state index contributed by atoms with van der Waals surface area (Å²) in [6.45, 7) is 4.14. The fourth-order valence-corrected chi connectivity index (χ4v) is 3.11. The third-order valence-electron chi connectivity index (χ3n) is 4.65. The first-order valence-electron chi connectivity index (χ1n) is 6.11. The Balaban J connectivity index is 2.18. The Hall–Kier alpha value is -1.18. The largest absolute Gasteiger partial charge is 0.508 e. The molecule has 2 aliphatic rings. The van der Waals surface area contributed by atoms with E-state index in [0.29, 0.717) is 11.3 Å². The summed E-state index contributed by atoms with van der Waals surface area (Å²) >= 11 is 0. The average molecular weight is 217 g/mol. The quantitative estimate of drug-likeness (QED) is 0.722. The van der Waals surface area contributed by atoms with E-state index in [4.69, 9.17) is 0 Å². The van der Waals surface area contributed by atoms with Gasteiger partial charge in [0.05, 0.1) is 0 Å². The number of fused-ring (bicyclic) bond motifs is 1. The van der Waals surface area contributed by atoms with Gasteiger partial charge >= 0.3 is 0 Å². The SMILES string of the molecule is Cc1c(O)cc2c(c1C)N(C)C1(CC2)CC1. The summed E-state index contributed by atoms with van der Waals surface area (Å²) in [5, 5.41) is 9.87. The molecule has 0 saturated heterocycles. The highest BCUT2D eigenvalue weighted by Crippen LogP contribution is 2.52. The van der Waals surface area contributed by atoms with Gasteiger partial charge in [0.2, 0.25) is 0 Å². The van der Waals surface area contributed by atoms with Gasteiger partial charge in [-0.1, -0.05) is 0 Å². The van der Waals surface area contributed by atoms with Crippen molar-refractivity contribution in [3.8, 4) is 5.75 Å². The Morgan fingerprint density at radius 1 is 1.19 bits per heavy atom. The Labute approximate surface area is 96.9 Å². The summed E-state index contributed by atoms with van der Waals surface area (Å²) < 4.78 is 0. The molecular weight excluding hydrogens is 198 g/mol. The van der Waals surface area contributed by atoms with Crippen molar-refractivity contribution < 1.29 is 5.11 Å². The van der Waals surface area contributed by atoms with Crippen molar-refractivity contribution in [1.29, 1.82) is 0 Å². The van der Waals surface area contributed by atoms with Gasteiger partial charge in [-0.3, -0.25) is 0 Å². The fraction of sp³-hybridized carbons (Fsp3) is 0.571. The lowest BCUT2D eigenvalue weighted by atomic mass is 9.90. The number of hydrogen-bond donors (Lipinski definition) is 1. The van der Waals surface area contributed by atoms with Crippen LogP contribution in [0.25, 0.3) is 0 Å². The minimum Gasteiger partial charge on any atom is -0.508 e. The molecule has 2 heteroatoms. The van der Waals surface area contributed by atoms with Crippen LogP contribution in [0.3, 0.4) is 0 Å². The summed E-state index contributed by atoms with van der Waals surface area (Å²) in [5.74, 6) is 0.455. The molecule has 0 amide bonds. The summed E-state index contributed by atoms with van der Waals surface area (Å²) in [5.41, 5.74) is 5.44. The number of rotatable bonds is 0. The van der Waals surface area contributed by atoms with Crippen LogP contribution in [0.1, 0.15) is 36.0 Å². The first-order chi connectivity index (χ1) is 7.55. The molecular formula is C14H19NO. The van der Waals surface area contributed by atoms with Gasteiger partial charge in [0.15, 0.2) is 0 Å². The molecule has 1 N–H and O–H groups in total. The van der Waals surface area contributed by atoms with Crippen LogP contribution in [0.5, 0.6) is 5.75 Å². The van der Waals surface area contributed by atoms with Crippen LogP contribution in [0.15, 0.2) is 6.07 Å². The van der Waals surface area contributed by atoms with Crippen LogP contribution in [0.2, 0.25) is 0 Å². The average Bonchev–Trinajstić information content (AvgIpc) is 3.02. The molecule has 0 atom stereocenters. The summed E-state index contributed by atoms with van der Waals surface area (Å²) in [6.07, 6.45) is 5.04.